The summed E-state index contributed by atoms with van der Waals surface area (Å²) in [7, 11) is 0. The van der Waals surface area contributed by atoms with E-state index in [4.69, 9.17) is 8.92 Å². The van der Waals surface area contributed by atoms with Crippen LogP contribution in [0.2, 0.25) is 0 Å². The van der Waals surface area contributed by atoms with Gasteiger partial charge in [0.1, 0.15) is 23.1 Å². The van der Waals surface area contributed by atoms with E-state index >= 15 is 0 Å². The molecule has 1 unspecified atom stereocenters. The molecule has 0 radical (unpaired) electrons. The standard InChI is InChI=1S/C16H18N2O5S.C5H10O2.C2H6/c1-3-22-13-7-9(23-24-2)6-10-11(13)8-18(16(10)21)12-4-5-14(19)17-15(12)20;1-5(2,3)7-4-6;1-2/h6-7,12H,3-5,8H2,1-2H3,(H,17,19,20);4H,1-3H3;1-2H3. The molecule has 9 nitrogen and oxygen atoms in total. The van der Waals surface area contributed by atoms with Crippen LogP contribution < -0.4 is 14.2 Å². The predicted octanol–water partition coefficient (Wildman–Crippen LogP) is 3.49. The number of ether oxygens (including phenoxy) is 2. The molecule has 0 saturated carbocycles. The third-order valence-electron chi connectivity index (χ3n) is 4.47. The second-order valence-electron chi connectivity index (χ2n) is 7.86. The maximum atomic E-state index is 12.8. The van der Waals surface area contributed by atoms with E-state index in [1.165, 1.54) is 16.9 Å². The van der Waals surface area contributed by atoms with E-state index in [1.54, 1.807) is 18.4 Å². The van der Waals surface area contributed by atoms with Crippen LogP contribution in [0.4, 0.5) is 0 Å². The summed E-state index contributed by atoms with van der Waals surface area (Å²) in [4.78, 5) is 47.3. The summed E-state index contributed by atoms with van der Waals surface area (Å²) < 4.78 is 15.6. The highest BCUT2D eigenvalue weighted by molar-refractivity contribution is 7.94. The smallest absolute Gasteiger partial charge is 0.293 e. The molecule has 1 saturated heterocycles. The number of hydrogen-bond acceptors (Lipinski definition) is 8. The van der Waals surface area contributed by atoms with Crippen LogP contribution in [0, 0.1) is 0 Å². The quantitative estimate of drug-likeness (QED) is 0.373. The van der Waals surface area contributed by atoms with Crippen molar-refractivity contribution in [3.05, 3.63) is 23.3 Å². The lowest BCUT2D eigenvalue weighted by Crippen LogP contribution is -2.52. The Hall–Kier alpha value is -2.75. The molecule has 3 rings (SSSR count). The summed E-state index contributed by atoms with van der Waals surface area (Å²) in [5.41, 5.74) is 0.913. The molecular formula is C23H34N2O7S. The van der Waals surface area contributed by atoms with Gasteiger partial charge in [-0.1, -0.05) is 13.8 Å². The Morgan fingerprint density at radius 3 is 2.36 bits per heavy atom. The highest BCUT2D eigenvalue weighted by atomic mass is 32.2. The lowest BCUT2D eigenvalue weighted by Gasteiger charge is -2.29. The fourth-order valence-electron chi connectivity index (χ4n) is 3.18. The molecule has 1 atom stereocenters. The number of rotatable bonds is 6. The van der Waals surface area contributed by atoms with Crippen molar-refractivity contribution in [2.45, 2.75) is 72.6 Å². The van der Waals surface area contributed by atoms with Crippen molar-refractivity contribution >= 4 is 36.2 Å². The summed E-state index contributed by atoms with van der Waals surface area (Å²) >= 11 is 1.18. The maximum Gasteiger partial charge on any atom is 0.293 e. The van der Waals surface area contributed by atoms with Crippen LogP contribution in [-0.2, 0) is 25.7 Å². The average Bonchev–Trinajstić information content (AvgIpc) is 3.06. The summed E-state index contributed by atoms with van der Waals surface area (Å²) in [5, 5.41) is 2.29. The van der Waals surface area contributed by atoms with Crippen molar-refractivity contribution < 1.29 is 32.8 Å². The Labute approximate surface area is 199 Å². The SMILES string of the molecule is CC.CC(C)(C)OC=O.CCOc1cc(OSC)cc2c1CN(C1CCC(=O)NC1=O)C2=O. The van der Waals surface area contributed by atoms with Gasteiger partial charge < -0.3 is 18.6 Å². The molecule has 184 valence electrons. The highest BCUT2D eigenvalue weighted by Crippen LogP contribution is 2.37. The Balaban J connectivity index is 0.000000520. The minimum atomic E-state index is -0.637. The Kier molecular flexibility index (Phi) is 11.2. The van der Waals surface area contributed by atoms with Gasteiger partial charge in [-0.2, -0.15) is 0 Å². The molecule has 2 aliphatic rings. The van der Waals surface area contributed by atoms with E-state index in [-0.39, 0.29) is 30.4 Å². The number of nitrogens with one attached hydrogen (secondary N) is 1. The molecular weight excluding hydrogens is 448 g/mol. The second-order valence-corrected chi connectivity index (χ2v) is 8.36. The first-order valence-electron chi connectivity index (χ1n) is 10.9. The van der Waals surface area contributed by atoms with E-state index in [0.717, 1.165) is 5.56 Å². The van der Waals surface area contributed by atoms with Gasteiger partial charge in [-0.15, -0.1) is 0 Å². The van der Waals surface area contributed by atoms with Gasteiger partial charge in [0.05, 0.1) is 30.8 Å². The van der Waals surface area contributed by atoms with Crippen molar-refractivity contribution in [2.24, 2.45) is 0 Å². The zero-order valence-corrected chi connectivity index (χ0v) is 21.2. The van der Waals surface area contributed by atoms with Gasteiger partial charge in [0.25, 0.3) is 12.4 Å². The van der Waals surface area contributed by atoms with Gasteiger partial charge >= 0.3 is 0 Å². The minimum Gasteiger partial charge on any atom is -0.493 e. The number of carbonyl (C=O) groups excluding carboxylic acids is 4. The molecule has 2 aliphatic heterocycles. The number of amides is 3. The predicted molar refractivity (Wildman–Crippen MR) is 126 cm³/mol. The number of fused-ring (bicyclic) bond motifs is 1. The van der Waals surface area contributed by atoms with Crippen molar-refractivity contribution in [2.75, 3.05) is 12.9 Å². The topological polar surface area (TPSA) is 111 Å². The summed E-state index contributed by atoms with van der Waals surface area (Å²) in [5.74, 6) is 0.148. The van der Waals surface area contributed by atoms with E-state index in [0.29, 0.717) is 36.6 Å². The number of hydrogen-bond donors (Lipinski definition) is 1. The number of imide groups is 1. The molecule has 0 aromatic heterocycles. The molecule has 10 heteroatoms. The first-order valence-corrected chi connectivity index (χ1v) is 12.0. The Morgan fingerprint density at radius 2 is 1.88 bits per heavy atom. The van der Waals surface area contributed by atoms with Crippen LogP contribution in [0.3, 0.4) is 0 Å². The molecule has 0 aliphatic carbocycles. The van der Waals surface area contributed by atoms with Crippen molar-refractivity contribution in [1.29, 1.82) is 0 Å². The second kappa shape index (κ2) is 13.1. The maximum absolute atomic E-state index is 12.8. The number of nitrogens with zero attached hydrogens (tertiary/aromatic N) is 1. The zero-order chi connectivity index (χ0) is 25.2. The lowest BCUT2D eigenvalue weighted by molar-refractivity contribution is -0.139. The van der Waals surface area contributed by atoms with Gasteiger partial charge in [-0.25, -0.2) is 0 Å². The average molecular weight is 483 g/mol. The van der Waals surface area contributed by atoms with Gasteiger partial charge in [0.15, 0.2) is 0 Å². The Bertz CT molecular complexity index is 852. The Morgan fingerprint density at radius 1 is 1.21 bits per heavy atom. The molecule has 33 heavy (non-hydrogen) atoms. The van der Waals surface area contributed by atoms with Crippen LogP contribution in [0.25, 0.3) is 0 Å². The number of carbonyl (C=O) groups is 4. The van der Waals surface area contributed by atoms with Crippen molar-refractivity contribution in [3.63, 3.8) is 0 Å². The normalized spacial score (nSPS) is 17.0. The summed E-state index contributed by atoms with van der Waals surface area (Å²) in [6, 6.07) is 2.78. The molecule has 1 N–H and O–H groups in total. The van der Waals surface area contributed by atoms with Crippen LogP contribution in [0.15, 0.2) is 12.1 Å². The molecule has 0 spiro atoms. The largest absolute Gasteiger partial charge is 0.493 e. The monoisotopic (exact) mass is 482 g/mol. The molecule has 1 aromatic rings. The third kappa shape index (κ3) is 7.96. The fourth-order valence-corrected chi connectivity index (χ4v) is 3.46. The fraction of sp³-hybridized carbons (Fsp3) is 0.565. The van der Waals surface area contributed by atoms with Crippen LogP contribution in [0.1, 0.15) is 70.3 Å². The van der Waals surface area contributed by atoms with E-state index in [9.17, 15) is 19.2 Å². The van der Waals surface area contributed by atoms with Crippen LogP contribution in [-0.4, -0.2) is 53.6 Å². The van der Waals surface area contributed by atoms with E-state index in [2.05, 4.69) is 10.1 Å². The lowest BCUT2D eigenvalue weighted by atomic mass is 10.0. The zero-order valence-electron chi connectivity index (χ0n) is 20.4. The summed E-state index contributed by atoms with van der Waals surface area (Å²) in [6.45, 7) is 12.5. The third-order valence-corrected chi connectivity index (χ3v) is 4.83. The van der Waals surface area contributed by atoms with E-state index in [1.807, 2.05) is 41.5 Å². The van der Waals surface area contributed by atoms with Gasteiger partial charge in [-0.3, -0.25) is 24.5 Å². The van der Waals surface area contributed by atoms with Crippen LogP contribution in [0.5, 0.6) is 11.5 Å². The first kappa shape index (κ1) is 28.3. The molecule has 0 bridgehead atoms. The summed E-state index contributed by atoms with van der Waals surface area (Å²) in [6.07, 6.45) is 2.35. The van der Waals surface area contributed by atoms with Gasteiger partial charge in [-0.05, 0) is 40.2 Å². The van der Waals surface area contributed by atoms with Gasteiger partial charge in [0, 0.05) is 24.3 Å². The molecule has 2 heterocycles. The number of piperidine rings is 1. The first-order chi connectivity index (χ1) is 15.6. The highest BCUT2D eigenvalue weighted by Gasteiger charge is 2.40. The van der Waals surface area contributed by atoms with Crippen molar-refractivity contribution in [1.82, 2.24) is 10.2 Å². The molecule has 1 fully saturated rings. The number of benzene rings is 1. The van der Waals surface area contributed by atoms with Crippen molar-refractivity contribution in [3.8, 4) is 11.5 Å². The molecule has 3 amide bonds. The van der Waals surface area contributed by atoms with Crippen LogP contribution >= 0.6 is 12.0 Å². The van der Waals surface area contributed by atoms with Gasteiger partial charge in [0.2, 0.25) is 11.8 Å². The minimum absolute atomic E-state index is 0.232. The van der Waals surface area contributed by atoms with E-state index < -0.39 is 11.9 Å². The molecule has 1 aromatic carbocycles.